The van der Waals surface area contributed by atoms with Crippen LogP contribution in [0.15, 0.2) is 4.99 Å². The molecule has 2 heterocycles. The van der Waals surface area contributed by atoms with Crippen molar-refractivity contribution >= 4 is 11.6 Å². The molecule has 0 aliphatic carbocycles. The summed E-state index contributed by atoms with van der Waals surface area (Å²) in [6, 6.07) is 0. The van der Waals surface area contributed by atoms with Crippen molar-refractivity contribution in [1.29, 1.82) is 0 Å². The first-order valence-corrected chi connectivity index (χ1v) is 10.5. The molecule has 0 spiro atoms. The molecule has 0 bridgehead atoms. The zero-order valence-electron chi connectivity index (χ0n) is 18.0. The summed E-state index contributed by atoms with van der Waals surface area (Å²) in [7, 11) is 0. The molecule has 0 radical (unpaired) electrons. The van der Waals surface area contributed by atoms with Crippen molar-refractivity contribution in [2.75, 3.05) is 0 Å². The van der Waals surface area contributed by atoms with Gasteiger partial charge < -0.3 is 4.98 Å². The number of aliphatic imine (C=N–C) groups is 1. The fourth-order valence-electron chi connectivity index (χ4n) is 3.74. The zero-order chi connectivity index (χ0) is 19.5. The second kappa shape index (κ2) is 8.10. The summed E-state index contributed by atoms with van der Waals surface area (Å²) in [5.41, 5.74) is 5.16. The highest BCUT2D eigenvalue weighted by atomic mass is 16.1. The van der Waals surface area contributed by atoms with Gasteiger partial charge in [-0.05, 0) is 19.3 Å². The van der Waals surface area contributed by atoms with Crippen molar-refractivity contribution in [2.45, 2.75) is 111 Å². The fourth-order valence-corrected chi connectivity index (χ4v) is 3.74. The Labute approximate surface area is 160 Å². The van der Waals surface area contributed by atoms with Gasteiger partial charge in [-0.3, -0.25) is 4.79 Å². The highest BCUT2D eigenvalue weighted by molar-refractivity contribution is 6.23. The Morgan fingerprint density at radius 2 is 1.46 bits per heavy atom. The lowest BCUT2D eigenvalue weighted by molar-refractivity contribution is 0.100. The number of rotatable bonds is 9. The summed E-state index contributed by atoms with van der Waals surface area (Å²) in [4.78, 5) is 20.9. The van der Waals surface area contributed by atoms with Crippen LogP contribution in [0.2, 0.25) is 0 Å². The molecule has 26 heavy (non-hydrogen) atoms. The van der Waals surface area contributed by atoms with Crippen LogP contribution in [0.1, 0.15) is 127 Å². The molecule has 0 fully saturated rings. The first-order chi connectivity index (χ1) is 12.1. The Bertz CT molecular complexity index is 671. The maximum absolute atomic E-state index is 12.8. The largest absolute Gasteiger partial charge is 0.360 e. The molecule has 1 aromatic heterocycles. The van der Waals surface area contributed by atoms with E-state index in [9.17, 15) is 4.79 Å². The number of carbonyl (C=O) groups excluding carboxylic acids is 1. The molecule has 2 rings (SSSR count). The first kappa shape index (κ1) is 20.9. The second-order valence-electron chi connectivity index (χ2n) is 9.49. The highest BCUT2D eigenvalue weighted by Gasteiger charge is 2.38. The molecule has 0 unspecified atom stereocenters. The van der Waals surface area contributed by atoms with Gasteiger partial charge in [0.25, 0.3) is 5.91 Å². The molecule has 1 N–H and O–H groups in total. The summed E-state index contributed by atoms with van der Waals surface area (Å²) in [5, 5.41) is 0. The molecule has 146 valence electrons. The number of amides is 1. The van der Waals surface area contributed by atoms with Crippen LogP contribution in [-0.2, 0) is 10.8 Å². The molecule has 0 aromatic carbocycles. The monoisotopic (exact) mass is 358 g/mol. The second-order valence-corrected chi connectivity index (χ2v) is 9.49. The van der Waals surface area contributed by atoms with E-state index in [1.807, 2.05) is 0 Å². The van der Waals surface area contributed by atoms with E-state index in [2.05, 4.69) is 58.4 Å². The Hall–Kier alpha value is -1.38. The Morgan fingerprint density at radius 3 is 2.04 bits per heavy atom. The Balaban J connectivity index is 2.28. The van der Waals surface area contributed by atoms with Crippen molar-refractivity contribution in [3.8, 4) is 0 Å². The number of unbranched alkanes of at least 4 members (excludes halogenated alkanes) is 5. The van der Waals surface area contributed by atoms with E-state index in [4.69, 9.17) is 0 Å². The molecular formula is C23H38N2O. The number of carbonyl (C=O) groups is 1. The Morgan fingerprint density at radius 1 is 0.846 bits per heavy atom. The van der Waals surface area contributed by atoms with Crippen molar-refractivity contribution < 1.29 is 4.79 Å². The number of nitrogens with one attached hydrogen (secondary N) is 1. The van der Waals surface area contributed by atoms with Crippen molar-refractivity contribution in [2.24, 2.45) is 4.99 Å². The third-order valence-corrected chi connectivity index (χ3v) is 5.82. The maximum atomic E-state index is 12.8. The SMILES string of the molecule is CCCCCCCCC1=NC(=O)c2c(C(C)(C)CC)[nH]c(C(C)(C)C)c21. The van der Waals surface area contributed by atoms with Crippen LogP contribution in [-0.4, -0.2) is 16.6 Å². The number of fused-ring (bicyclic) bond motifs is 1. The normalized spacial score (nSPS) is 14.7. The van der Waals surface area contributed by atoms with Crippen molar-refractivity contribution in [1.82, 2.24) is 4.98 Å². The molecule has 0 atom stereocenters. The predicted octanol–water partition coefficient (Wildman–Crippen LogP) is 6.69. The van der Waals surface area contributed by atoms with Gasteiger partial charge in [0.2, 0.25) is 0 Å². The third-order valence-electron chi connectivity index (χ3n) is 5.82. The molecular weight excluding hydrogens is 320 g/mol. The lowest BCUT2D eigenvalue weighted by Crippen LogP contribution is -2.20. The molecule has 1 aliphatic heterocycles. The summed E-state index contributed by atoms with van der Waals surface area (Å²) >= 11 is 0. The fraction of sp³-hybridized carbons (Fsp3) is 0.739. The molecule has 1 amide bonds. The van der Waals surface area contributed by atoms with E-state index in [0.29, 0.717) is 0 Å². The minimum Gasteiger partial charge on any atom is -0.360 e. The van der Waals surface area contributed by atoms with Gasteiger partial charge in [0.05, 0.1) is 11.3 Å². The molecule has 3 nitrogen and oxygen atoms in total. The summed E-state index contributed by atoms with van der Waals surface area (Å²) < 4.78 is 0. The number of hydrogen-bond donors (Lipinski definition) is 1. The standard InChI is InChI=1S/C23H38N2O/c1-8-10-11-12-13-14-15-16-17-18(21(26)24-16)20(23(6,7)9-2)25-19(17)22(3,4)5/h25H,8-15H2,1-7H3. The first-order valence-electron chi connectivity index (χ1n) is 10.5. The number of nitrogens with zero attached hydrogens (tertiary/aromatic N) is 1. The quantitative estimate of drug-likeness (QED) is 0.491. The lowest BCUT2D eigenvalue weighted by Gasteiger charge is -2.23. The number of hydrogen-bond acceptors (Lipinski definition) is 1. The van der Waals surface area contributed by atoms with Crippen LogP contribution in [0.25, 0.3) is 0 Å². The van der Waals surface area contributed by atoms with E-state index in [1.54, 1.807) is 0 Å². The zero-order valence-corrected chi connectivity index (χ0v) is 18.0. The third kappa shape index (κ3) is 4.29. The predicted molar refractivity (Wildman–Crippen MR) is 112 cm³/mol. The van der Waals surface area contributed by atoms with Crippen LogP contribution >= 0.6 is 0 Å². The minimum atomic E-state index is -0.0473. The van der Waals surface area contributed by atoms with Gasteiger partial charge in [-0.2, -0.15) is 0 Å². The van der Waals surface area contributed by atoms with E-state index >= 15 is 0 Å². The van der Waals surface area contributed by atoms with Crippen LogP contribution in [0.5, 0.6) is 0 Å². The summed E-state index contributed by atoms with van der Waals surface area (Å²) in [6.07, 6.45) is 9.46. The van der Waals surface area contributed by atoms with Crippen molar-refractivity contribution in [3.05, 3.63) is 22.5 Å². The Kier molecular flexibility index (Phi) is 6.52. The molecule has 0 saturated heterocycles. The van der Waals surface area contributed by atoms with Crippen LogP contribution in [0, 0.1) is 0 Å². The lowest BCUT2D eigenvalue weighted by atomic mass is 9.83. The highest BCUT2D eigenvalue weighted by Crippen LogP contribution is 2.40. The minimum absolute atomic E-state index is 0.0291. The van der Waals surface area contributed by atoms with Crippen LogP contribution < -0.4 is 0 Å². The number of aromatic amines is 1. The van der Waals surface area contributed by atoms with E-state index in [0.717, 1.165) is 41.8 Å². The maximum Gasteiger partial charge on any atom is 0.279 e. The van der Waals surface area contributed by atoms with E-state index in [1.165, 1.54) is 37.8 Å². The molecule has 1 aromatic rings. The summed E-state index contributed by atoms with van der Waals surface area (Å²) in [6.45, 7) is 15.5. The van der Waals surface area contributed by atoms with Crippen LogP contribution in [0.4, 0.5) is 0 Å². The van der Waals surface area contributed by atoms with Gasteiger partial charge in [-0.15, -0.1) is 0 Å². The van der Waals surface area contributed by atoms with Crippen LogP contribution in [0.3, 0.4) is 0 Å². The molecule has 3 heteroatoms. The average molecular weight is 359 g/mol. The van der Waals surface area contributed by atoms with Gasteiger partial charge in [0.1, 0.15) is 0 Å². The number of H-pyrrole nitrogens is 1. The summed E-state index contributed by atoms with van der Waals surface area (Å²) in [5.74, 6) is -0.0377. The average Bonchev–Trinajstić information content (AvgIpc) is 3.10. The van der Waals surface area contributed by atoms with E-state index in [-0.39, 0.29) is 16.7 Å². The van der Waals surface area contributed by atoms with Gasteiger partial charge in [-0.25, -0.2) is 4.99 Å². The topological polar surface area (TPSA) is 45.2 Å². The van der Waals surface area contributed by atoms with E-state index < -0.39 is 0 Å². The smallest absolute Gasteiger partial charge is 0.279 e. The van der Waals surface area contributed by atoms with Gasteiger partial charge in [0.15, 0.2) is 0 Å². The van der Waals surface area contributed by atoms with Crippen molar-refractivity contribution in [3.63, 3.8) is 0 Å². The van der Waals surface area contributed by atoms with Gasteiger partial charge in [-0.1, -0.05) is 80.6 Å². The molecule has 0 saturated carbocycles. The van der Waals surface area contributed by atoms with Gasteiger partial charge >= 0.3 is 0 Å². The molecule has 1 aliphatic rings. The van der Waals surface area contributed by atoms with Gasteiger partial charge in [0, 0.05) is 27.8 Å². The number of aromatic nitrogens is 1.